The molecule has 2 saturated heterocycles. The Balaban J connectivity index is 0.954. The van der Waals surface area contributed by atoms with E-state index >= 15 is 0 Å². The molecule has 1 atom stereocenters. The molecule has 1 unspecified atom stereocenters. The second-order valence-electron chi connectivity index (χ2n) is 14.2. The van der Waals surface area contributed by atoms with E-state index in [-0.39, 0.29) is 41.9 Å². The second-order valence-corrected chi connectivity index (χ2v) is 17.8. The van der Waals surface area contributed by atoms with E-state index in [0.717, 1.165) is 10.6 Å². The fourth-order valence-corrected chi connectivity index (χ4v) is 8.46. The van der Waals surface area contributed by atoms with Gasteiger partial charge in [0.1, 0.15) is 24.0 Å². The van der Waals surface area contributed by atoms with Crippen LogP contribution in [0.1, 0.15) is 52.0 Å². The zero-order chi connectivity index (χ0) is 40.4. The highest BCUT2D eigenvalue weighted by molar-refractivity contribution is 7.70. The molecule has 0 spiro atoms. The third-order valence-electron chi connectivity index (χ3n) is 10.0. The van der Waals surface area contributed by atoms with Crippen LogP contribution >= 0.6 is 18.7 Å². The van der Waals surface area contributed by atoms with Gasteiger partial charge in [0.15, 0.2) is 5.82 Å². The number of benzene rings is 3. The molecule has 4 heterocycles. The van der Waals surface area contributed by atoms with Gasteiger partial charge in [-0.05, 0) is 74.6 Å². The Morgan fingerprint density at radius 1 is 0.965 bits per heavy atom. The highest BCUT2D eigenvalue weighted by Gasteiger charge is 2.45. The number of nitrogens with one attached hydrogen (secondary N) is 4. The second kappa shape index (κ2) is 16.2. The summed E-state index contributed by atoms with van der Waals surface area (Å²) in [6, 6.07) is 16.7. The van der Waals surface area contributed by atoms with E-state index in [2.05, 4.69) is 36.1 Å². The zero-order valence-corrected chi connectivity index (χ0v) is 33.0. The number of fused-ring (bicyclic) bond motifs is 1. The van der Waals surface area contributed by atoms with Crippen molar-refractivity contribution in [2.24, 2.45) is 0 Å². The number of amides is 5. The minimum Gasteiger partial charge on any atom is -0.494 e. The summed E-state index contributed by atoms with van der Waals surface area (Å²) in [4.78, 5) is 75.6. The lowest BCUT2D eigenvalue weighted by atomic mass is 10.0. The van der Waals surface area contributed by atoms with Crippen molar-refractivity contribution in [3.05, 3.63) is 94.6 Å². The molecule has 294 valence electrons. The fraction of sp³-hybridized carbons (Fsp3) is 0.275. The van der Waals surface area contributed by atoms with Crippen molar-refractivity contribution < 1.29 is 33.3 Å². The number of carbonyl (C=O) groups is 5. The molecule has 15 nitrogen and oxygen atoms in total. The maximum atomic E-state index is 13.4. The molecular weight excluding hydrogens is 771 g/mol. The molecule has 17 heteroatoms. The summed E-state index contributed by atoms with van der Waals surface area (Å²) < 4.78 is 18.6. The number of hydrogen-bond acceptors (Lipinski definition) is 12. The summed E-state index contributed by atoms with van der Waals surface area (Å²) in [7, 11) is -1.00. The molecule has 2 fully saturated rings. The van der Waals surface area contributed by atoms with Crippen LogP contribution in [-0.2, 0) is 18.9 Å². The average Bonchev–Trinajstić information content (AvgIpc) is 3.44. The van der Waals surface area contributed by atoms with Gasteiger partial charge in [0.2, 0.25) is 23.7 Å². The molecule has 3 aromatic carbocycles. The van der Waals surface area contributed by atoms with E-state index < -0.39 is 36.8 Å². The molecule has 3 aliphatic rings. The van der Waals surface area contributed by atoms with Gasteiger partial charge in [0, 0.05) is 48.7 Å². The van der Waals surface area contributed by atoms with Gasteiger partial charge in [-0.3, -0.25) is 34.2 Å². The van der Waals surface area contributed by atoms with E-state index in [0.29, 0.717) is 64.8 Å². The number of imide groups is 2. The smallest absolute Gasteiger partial charge is 0.262 e. The number of carbonyl (C=O) groups excluding carboxylic acids is 5. The number of ether oxygens (including phenoxy) is 1. The van der Waals surface area contributed by atoms with Gasteiger partial charge in [0.05, 0.1) is 35.8 Å². The highest BCUT2D eigenvalue weighted by Crippen LogP contribution is 2.39. The Hall–Kier alpha value is -6.05. The summed E-state index contributed by atoms with van der Waals surface area (Å²) in [6.45, 7) is 4.75. The van der Waals surface area contributed by atoms with Gasteiger partial charge < -0.3 is 30.2 Å². The van der Waals surface area contributed by atoms with E-state index in [9.17, 15) is 28.5 Å². The minimum absolute atomic E-state index is 0.0246. The summed E-state index contributed by atoms with van der Waals surface area (Å²) in [6.07, 6.45) is 5.75. The van der Waals surface area contributed by atoms with Crippen molar-refractivity contribution in [1.82, 2.24) is 25.5 Å². The number of hydrogen-bond donors (Lipinski definition) is 4. The van der Waals surface area contributed by atoms with Crippen LogP contribution in [0.5, 0.6) is 5.75 Å². The fourth-order valence-electron chi connectivity index (χ4n) is 7.17. The topological polar surface area (TPSA) is 192 Å². The molecule has 4 aromatic rings. The molecule has 0 aliphatic carbocycles. The van der Waals surface area contributed by atoms with Crippen LogP contribution in [0.3, 0.4) is 0 Å². The lowest BCUT2D eigenvalue weighted by Crippen LogP contribution is -2.54. The summed E-state index contributed by atoms with van der Waals surface area (Å²) in [5.74, 6) is -1.53. The molecular formula is C40H40ClN8O7P. The molecule has 4 N–H and O–H groups in total. The lowest BCUT2D eigenvalue weighted by molar-refractivity contribution is -0.136. The lowest BCUT2D eigenvalue weighted by Gasteiger charge is -2.34. The molecule has 7 rings (SSSR count). The van der Waals surface area contributed by atoms with Gasteiger partial charge in [-0.25, -0.2) is 4.98 Å². The number of rotatable bonds is 11. The maximum Gasteiger partial charge on any atom is 0.262 e. The van der Waals surface area contributed by atoms with Crippen LogP contribution in [0.4, 0.5) is 28.8 Å². The van der Waals surface area contributed by atoms with Gasteiger partial charge >= 0.3 is 0 Å². The number of nitrogens with zero attached hydrogens (tertiary/aromatic N) is 4. The SMILES string of the molecule is COc1cc(N2CCC(NC(=O)/C=C/c3cccc4c3C(=O)N(C3CCC(=O)NC3=O)C4=O)CC2)ccc1Nc1ncc(Cl)c(Nc2ccccc2P(C)(C)=O)n1. The first kappa shape index (κ1) is 39.2. The molecule has 1 aromatic heterocycles. The third-order valence-corrected chi connectivity index (χ3v) is 11.9. The van der Waals surface area contributed by atoms with Gasteiger partial charge in [-0.1, -0.05) is 35.9 Å². The van der Waals surface area contributed by atoms with Crippen LogP contribution in [0.25, 0.3) is 6.08 Å². The average molecular weight is 811 g/mol. The number of halogens is 1. The zero-order valence-electron chi connectivity index (χ0n) is 31.4. The van der Waals surface area contributed by atoms with Crippen molar-refractivity contribution in [2.45, 2.75) is 37.8 Å². The Labute approximate surface area is 333 Å². The first-order valence-electron chi connectivity index (χ1n) is 18.3. The van der Waals surface area contributed by atoms with Gasteiger partial charge in [-0.2, -0.15) is 4.98 Å². The first-order chi connectivity index (χ1) is 27.3. The van der Waals surface area contributed by atoms with Crippen LogP contribution in [0, 0.1) is 0 Å². The number of para-hydroxylation sites is 1. The first-order valence-corrected chi connectivity index (χ1v) is 21.3. The van der Waals surface area contributed by atoms with Crippen LogP contribution in [0.2, 0.25) is 5.02 Å². The largest absolute Gasteiger partial charge is 0.494 e. The summed E-state index contributed by atoms with van der Waals surface area (Å²) in [5, 5.41) is 12.6. The Bertz CT molecular complexity index is 2380. The van der Waals surface area contributed by atoms with E-state index in [4.69, 9.17) is 16.3 Å². The van der Waals surface area contributed by atoms with Crippen LogP contribution < -0.4 is 36.2 Å². The maximum absolute atomic E-state index is 13.4. The monoisotopic (exact) mass is 810 g/mol. The number of piperidine rings is 2. The Morgan fingerprint density at radius 3 is 2.47 bits per heavy atom. The predicted molar refractivity (Wildman–Crippen MR) is 218 cm³/mol. The van der Waals surface area contributed by atoms with Crippen LogP contribution in [0.15, 0.2) is 72.9 Å². The third kappa shape index (κ3) is 8.40. The highest BCUT2D eigenvalue weighted by atomic mass is 35.5. The molecule has 0 saturated carbocycles. The van der Waals surface area contributed by atoms with Crippen molar-refractivity contribution in [2.75, 3.05) is 49.1 Å². The molecule has 0 bridgehead atoms. The van der Waals surface area contributed by atoms with Gasteiger partial charge in [0.25, 0.3) is 11.8 Å². The van der Waals surface area contributed by atoms with Crippen LogP contribution in [-0.4, -0.2) is 90.0 Å². The standard InChI is InChI=1S/C40H40ClN8O7P/c1-56-31-21-25(12-13-28(31)45-40-42-22-27(41)36(47-40)44-29-9-4-5-10-32(29)57(2,3)55)48-19-17-24(18-20-48)43-33(50)15-11-23-7-6-8-26-35(23)39(54)49(38(26)53)30-14-16-34(51)46-37(30)52/h4-13,15,21-22,24,30H,14,16-20H2,1-3H3,(H,43,50)(H,46,51,52)(H2,42,44,45,47)/b15-11+. The Morgan fingerprint density at radius 2 is 1.74 bits per heavy atom. The molecule has 3 aliphatic heterocycles. The molecule has 5 amide bonds. The summed E-state index contributed by atoms with van der Waals surface area (Å²) in [5.41, 5.74) is 2.85. The molecule has 0 radical (unpaired) electrons. The van der Waals surface area contributed by atoms with Crippen molar-refractivity contribution in [3.8, 4) is 5.75 Å². The normalized spacial score (nSPS) is 17.4. The van der Waals surface area contributed by atoms with E-state index in [1.807, 2.05) is 42.5 Å². The Kier molecular flexibility index (Phi) is 11.1. The number of anilines is 5. The van der Waals surface area contributed by atoms with Crippen molar-refractivity contribution >= 4 is 88.5 Å². The van der Waals surface area contributed by atoms with Crippen molar-refractivity contribution in [1.29, 1.82) is 0 Å². The van der Waals surface area contributed by atoms with E-state index in [1.54, 1.807) is 32.6 Å². The quantitative estimate of drug-likeness (QED) is 0.0895. The molecule has 57 heavy (non-hydrogen) atoms. The van der Waals surface area contributed by atoms with Gasteiger partial charge in [-0.15, -0.1) is 0 Å². The number of methoxy groups -OCH3 is 1. The van der Waals surface area contributed by atoms with Crippen molar-refractivity contribution in [3.63, 3.8) is 0 Å². The summed E-state index contributed by atoms with van der Waals surface area (Å²) >= 11 is 6.44. The minimum atomic E-state index is -2.58. The van der Waals surface area contributed by atoms with E-state index in [1.165, 1.54) is 24.4 Å². The number of aromatic nitrogens is 2. The predicted octanol–water partition coefficient (Wildman–Crippen LogP) is 5.07.